The van der Waals surface area contributed by atoms with Gasteiger partial charge in [-0.1, -0.05) is 0 Å². The van der Waals surface area contributed by atoms with E-state index in [1.165, 1.54) is 0 Å². The van der Waals surface area contributed by atoms with Crippen LogP contribution in [0.1, 0.15) is 6.42 Å². The highest BCUT2D eigenvalue weighted by molar-refractivity contribution is 8.24. The van der Waals surface area contributed by atoms with Gasteiger partial charge in [-0.2, -0.15) is 7.77 Å². The number of hydrogen-bond acceptors (Lipinski definition) is 1. The Morgan fingerprint density at radius 2 is 2.08 bits per heavy atom. The summed E-state index contributed by atoms with van der Waals surface area (Å²) in [6.45, 7) is 0.510. The Labute approximate surface area is 79.0 Å². The fourth-order valence-corrected chi connectivity index (χ4v) is 1.37. The van der Waals surface area contributed by atoms with Gasteiger partial charge in [-0.3, -0.25) is 0 Å². The molecule has 0 heterocycles. The third-order valence-electron chi connectivity index (χ3n) is 1.19. The lowest BCUT2D eigenvalue weighted by atomic mass is 10.5. The molecule has 0 aromatic carbocycles. The molecule has 0 atom stereocenters. The largest absolute Gasteiger partial charge is 0.366 e. The highest BCUT2D eigenvalue weighted by Gasteiger charge is 2.12. The molecule has 0 bridgehead atoms. The number of nitrogens with one attached hydrogen (secondary N) is 2. The normalized spacial score (nSPS) is 12.3. The van der Waals surface area contributed by atoms with Gasteiger partial charge in [0.2, 0.25) is 0 Å². The van der Waals surface area contributed by atoms with Crippen LogP contribution in [0, 0.1) is 0 Å². The smallest absolute Gasteiger partial charge is 0.166 e. The average Bonchev–Trinajstić information content (AvgIpc) is 1.96. The average molecular weight is 216 g/mol. The second kappa shape index (κ2) is 5.53. The molecule has 0 rings (SSSR count). The van der Waals surface area contributed by atoms with Gasteiger partial charge in [0.1, 0.15) is 0 Å². The summed E-state index contributed by atoms with van der Waals surface area (Å²) in [7, 11) is -1.64. The van der Waals surface area contributed by atoms with Gasteiger partial charge >= 0.3 is 0 Å². The lowest BCUT2D eigenvalue weighted by Crippen LogP contribution is -2.33. The summed E-state index contributed by atoms with van der Waals surface area (Å²) in [6.07, 6.45) is 1.46. The quantitative estimate of drug-likeness (QED) is 0.552. The molecule has 74 valence electrons. The first kappa shape index (κ1) is 11.9. The first-order valence-electron chi connectivity index (χ1n) is 3.56. The van der Waals surface area contributed by atoms with Crippen molar-refractivity contribution < 1.29 is 7.77 Å². The zero-order chi connectivity index (χ0) is 9.61. The monoisotopic (exact) mass is 216 g/mol. The summed E-state index contributed by atoms with van der Waals surface area (Å²) in [6, 6.07) is 0. The molecule has 0 saturated heterocycles. The molecular weight excluding hydrogens is 202 g/mol. The molecule has 12 heavy (non-hydrogen) atoms. The minimum absolute atomic E-state index is 0.0215. The Kier molecular flexibility index (Phi) is 5.48. The van der Waals surface area contributed by atoms with E-state index >= 15 is 0 Å². The van der Waals surface area contributed by atoms with Crippen molar-refractivity contribution in [3.05, 3.63) is 0 Å². The van der Waals surface area contributed by atoms with E-state index in [-0.39, 0.29) is 5.75 Å². The highest BCUT2D eigenvalue weighted by Crippen LogP contribution is 2.47. The van der Waals surface area contributed by atoms with E-state index in [1.807, 2.05) is 0 Å². The van der Waals surface area contributed by atoms with Crippen LogP contribution in [0.3, 0.4) is 0 Å². The van der Waals surface area contributed by atoms with E-state index in [0.29, 0.717) is 18.1 Å². The standard InChI is InChI=1S/C6H14F2N2S2/c1-9-6(11)10-4-3-5-12(2,7)8/h3-5H2,1-2H3,(H2,9,10,11). The Hall–Kier alpha value is -0.100. The van der Waals surface area contributed by atoms with Crippen LogP contribution in [0.5, 0.6) is 0 Å². The number of halogens is 2. The molecule has 0 radical (unpaired) electrons. The molecule has 2 nitrogen and oxygen atoms in total. The molecule has 0 aromatic rings. The fraction of sp³-hybridized carbons (Fsp3) is 0.833. The third kappa shape index (κ3) is 8.00. The lowest BCUT2D eigenvalue weighted by Gasteiger charge is -2.14. The van der Waals surface area contributed by atoms with Crippen LogP contribution in [0.25, 0.3) is 0 Å². The van der Waals surface area contributed by atoms with Gasteiger partial charge in [-0.05, 0) is 18.6 Å². The number of rotatable bonds is 4. The van der Waals surface area contributed by atoms with Gasteiger partial charge in [-0.25, -0.2) is 0 Å². The molecular formula is C6H14F2N2S2. The Bertz CT molecular complexity index is 147. The Balaban J connectivity index is 3.28. The summed E-state index contributed by atoms with van der Waals surface area (Å²) < 4.78 is 24.7. The number of thiocarbonyl (C=S) groups is 1. The van der Waals surface area contributed by atoms with E-state index in [0.717, 1.165) is 6.26 Å². The molecule has 0 saturated carbocycles. The van der Waals surface area contributed by atoms with E-state index < -0.39 is 10.8 Å². The molecule has 6 heteroatoms. The zero-order valence-electron chi connectivity index (χ0n) is 7.19. The van der Waals surface area contributed by atoms with E-state index in [4.69, 9.17) is 12.2 Å². The summed E-state index contributed by atoms with van der Waals surface area (Å²) in [4.78, 5) is 0. The molecule has 0 aliphatic heterocycles. The van der Waals surface area contributed by atoms with E-state index in [2.05, 4.69) is 10.6 Å². The third-order valence-corrected chi connectivity index (χ3v) is 2.55. The predicted octanol–water partition coefficient (Wildman–Crippen LogP) is 1.67. The predicted molar refractivity (Wildman–Crippen MR) is 54.9 cm³/mol. The first-order valence-corrected chi connectivity index (χ1v) is 5.98. The maximum absolute atomic E-state index is 12.3. The van der Waals surface area contributed by atoms with Crippen LogP contribution in [-0.2, 0) is 0 Å². The molecule has 0 aliphatic rings. The van der Waals surface area contributed by atoms with E-state index in [9.17, 15) is 7.77 Å². The molecule has 2 N–H and O–H groups in total. The molecule has 0 amide bonds. The van der Waals surface area contributed by atoms with Crippen LogP contribution in [0.4, 0.5) is 7.77 Å². The van der Waals surface area contributed by atoms with Crippen molar-refractivity contribution in [2.24, 2.45) is 0 Å². The van der Waals surface area contributed by atoms with Gasteiger partial charge in [0.05, 0.1) is 10.8 Å². The summed E-state index contributed by atoms with van der Waals surface area (Å²) >= 11 is 4.76. The maximum Gasteiger partial charge on any atom is 0.166 e. The maximum atomic E-state index is 12.3. The van der Waals surface area contributed by atoms with Crippen LogP contribution in [0.15, 0.2) is 0 Å². The van der Waals surface area contributed by atoms with Crippen molar-refractivity contribution in [1.29, 1.82) is 0 Å². The minimum Gasteiger partial charge on any atom is -0.366 e. The summed E-state index contributed by atoms with van der Waals surface area (Å²) in [5.41, 5.74) is 0. The first-order chi connectivity index (χ1) is 5.45. The van der Waals surface area contributed by atoms with Gasteiger partial charge < -0.3 is 10.6 Å². The topological polar surface area (TPSA) is 24.1 Å². The molecule has 0 aliphatic carbocycles. The summed E-state index contributed by atoms with van der Waals surface area (Å²) in [5, 5.41) is 6.01. The van der Waals surface area contributed by atoms with Crippen LogP contribution in [-0.4, -0.2) is 30.7 Å². The van der Waals surface area contributed by atoms with Gasteiger partial charge in [0, 0.05) is 25.6 Å². The Morgan fingerprint density at radius 1 is 1.50 bits per heavy atom. The van der Waals surface area contributed by atoms with Crippen molar-refractivity contribution >= 4 is 28.1 Å². The Morgan fingerprint density at radius 3 is 2.50 bits per heavy atom. The van der Waals surface area contributed by atoms with Crippen molar-refractivity contribution in [3.8, 4) is 0 Å². The second-order valence-electron chi connectivity index (χ2n) is 2.44. The van der Waals surface area contributed by atoms with Crippen LogP contribution >= 0.6 is 23.0 Å². The highest BCUT2D eigenvalue weighted by atomic mass is 32.3. The summed E-state index contributed by atoms with van der Waals surface area (Å²) in [5.74, 6) is -0.0215. The lowest BCUT2D eigenvalue weighted by molar-refractivity contribution is 0.730. The fourth-order valence-electron chi connectivity index (χ4n) is 0.616. The van der Waals surface area contributed by atoms with Gasteiger partial charge in [0.25, 0.3) is 0 Å². The molecule has 0 spiro atoms. The zero-order valence-corrected chi connectivity index (χ0v) is 8.83. The molecule has 0 fully saturated rings. The SMILES string of the molecule is CNC(=S)NCCCS(C)(F)F. The van der Waals surface area contributed by atoms with Crippen molar-refractivity contribution in [2.45, 2.75) is 6.42 Å². The second-order valence-corrected chi connectivity index (χ2v) is 5.00. The van der Waals surface area contributed by atoms with Crippen molar-refractivity contribution in [1.82, 2.24) is 10.6 Å². The van der Waals surface area contributed by atoms with Gasteiger partial charge in [0.15, 0.2) is 5.11 Å². The van der Waals surface area contributed by atoms with Crippen LogP contribution < -0.4 is 10.6 Å². The van der Waals surface area contributed by atoms with Crippen molar-refractivity contribution in [3.63, 3.8) is 0 Å². The van der Waals surface area contributed by atoms with Crippen LogP contribution in [0.2, 0.25) is 0 Å². The molecule has 0 aromatic heterocycles. The minimum atomic E-state index is -3.33. The van der Waals surface area contributed by atoms with Crippen molar-refractivity contribution in [2.75, 3.05) is 25.6 Å². The molecule has 0 unspecified atom stereocenters. The van der Waals surface area contributed by atoms with E-state index in [1.54, 1.807) is 7.05 Å². The number of hydrogen-bond donors (Lipinski definition) is 2. The van der Waals surface area contributed by atoms with Gasteiger partial charge in [-0.15, -0.1) is 0 Å².